The van der Waals surface area contributed by atoms with E-state index in [2.05, 4.69) is 28.8 Å². The number of nitrogens with one attached hydrogen (secondary N) is 3. The molecule has 30 heavy (non-hydrogen) atoms. The van der Waals surface area contributed by atoms with E-state index in [-0.39, 0.29) is 18.0 Å². The number of urea groups is 1. The molecule has 0 aliphatic carbocycles. The van der Waals surface area contributed by atoms with Gasteiger partial charge in [-0.3, -0.25) is 0 Å². The standard InChI is InChI=1S/C23H29N3O4/c1-5-19-21(22(27)30-6-2)20(25-23(28)24-19)14-26(3)13-15-7-8-17-12-18(29-4)10-9-16(17)11-15/h7-12,19H,5-6,13-14H2,1-4H3,(H2,24,25,28)/p+1/t19-/m1/s1. The van der Waals surface area contributed by atoms with Crippen LogP contribution in [0.4, 0.5) is 4.79 Å². The molecule has 1 unspecified atom stereocenters. The minimum atomic E-state index is -0.376. The molecule has 1 heterocycles. The molecule has 2 aromatic rings. The van der Waals surface area contributed by atoms with Gasteiger partial charge in [0, 0.05) is 5.56 Å². The van der Waals surface area contributed by atoms with Crippen molar-refractivity contribution in [3.8, 4) is 5.75 Å². The third-order valence-corrected chi connectivity index (χ3v) is 5.24. The predicted octanol–water partition coefficient (Wildman–Crippen LogP) is 1.77. The zero-order valence-corrected chi connectivity index (χ0v) is 18.0. The summed E-state index contributed by atoms with van der Waals surface area (Å²) in [5.41, 5.74) is 2.33. The Hall–Kier alpha value is -3.06. The fourth-order valence-electron chi connectivity index (χ4n) is 3.82. The number of quaternary nitrogens is 1. The molecule has 2 amide bonds. The monoisotopic (exact) mass is 412 g/mol. The van der Waals surface area contributed by atoms with Crippen LogP contribution in [0.2, 0.25) is 0 Å². The van der Waals surface area contributed by atoms with Crippen molar-refractivity contribution in [2.75, 3.05) is 27.3 Å². The molecule has 0 saturated carbocycles. The summed E-state index contributed by atoms with van der Waals surface area (Å²) >= 11 is 0. The number of amides is 2. The quantitative estimate of drug-likeness (QED) is 0.578. The molecule has 2 aromatic carbocycles. The molecule has 0 fully saturated rings. The lowest BCUT2D eigenvalue weighted by atomic mass is 10.00. The van der Waals surface area contributed by atoms with Gasteiger partial charge >= 0.3 is 12.0 Å². The molecule has 1 aliphatic heterocycles. The number of rotatable bonds is 8. The van der Waals surface area contributed by atoms with Gasteiger partial charge in [-0.25, -0.2) is 9.59 Å². The smallest absolute Gasteiger partial charge is 0.338 e. The Morgan fingerprint density at radius 1 is 1.10 bits per heavy atom. The van der Waals surface area contributed by atoms with Crippen LogP contribution in [0.3, 0.4) is 0 Å². The summed E-state index contributed by atoms with van der Waals surface area (Å²) < 4.78 is 10.5. The maximum atomic E-state index is 12.5. The van der Waals surface area contributed by atoms with Gasteiger partial charge in [0.05, 0.1) is 38.1 Å². The van der Waals surface area contributed by atoms with Gasteiger partial charge in [0.2, 0.25) is 0 Å². The molecule has 3 N–H and O–H groups in total. The summed E-state index contributed by atoms with van der Waals surface area (Å²) in [5, 5.41) is 7.90. The van der Waals surface area contributed by atoms with Crippen LogP contribution < -0.4 is 20.3 Å². The third kappa shape index (κ3) is 4.91. The van der Waals surface area contributed by atoms with Crippen LogP contribution >= 0.6 is 0 Å². The largest absolute Gasteiger partial charge is 0.497 e. The van der Waals surface area contributed by atoms with Gasteiger partial charge in [-0.05, 0) is 42.3 Å². The number of fused-ring (bicyclic) bond motifs is 1. The number of likely N-dealkylation sites (N-methyl/N-ethyl adjacent to an activating group) is 1. The summed E-state index contributed by atoms with van der Waals surface area (Å²) in [6, 6.07) is 11.7. The number of hydrogen-bond acceptors (Lipinski definition) is 4. The zero-order valence-electron chi connectivity index (χ0n) is 18.0. The van der Waals surface area contributed by atoms with Crippen molar-refractivity contribution in [1.82, 2.24) is 10.6 Å². The summed E-state index contributed by atoms with van der Waals surface area (Å²) in [6.07, 6.45) is 0.623. The molecule has 7 nitrogen and oxygen atoms in total. The highest BCUT2D eigenvalue weighted by atomic mass is 16.5. The number of carbonyl (C=O) groups excluding carboxylic acids is 2. The minimum absolute atomic E-state index is 0.280. The molecule has 0 aromatic heterocycles. The summed E-state index contributed by atoms with van der Waals surface area (Å²) in [7, 11) is 3.71. The highest BCUT2D eigenvalue weighted by Crippen LogP contribution is 2.22. The number of carbonyl (C=O) groups is 2. The first kappa shape index (κ1) is 21.6. The summed E-state index contributed by atoms with van der Waals surface area (Å²) in [6.45, 7) is 5.28. The molecule has 3 rings (SSSR count). The second-order valence-corrected chi connectivity index (χ2v) is 7.53. The van der Waals surface area contributed by atoms with Gasteiger partial charge in [-0.1, -0.05) is 25.1 Å². The Bertz CT molecular complexity index is 970. The molecular formula is C23H30N3O4+. The molecule has 1 aliphatic rings. The molecule has 2 atom stereocenters. The molecular weight excluding hydrogens is 382 g/mol. The highest BCUT2D eigenvalue weighted by molar-refractivity contribution is 5.94. The molecule has 0 bridgehead atoms. The number of ether oxygens (including phenoxy) is 2. The maximum Gasteiger partial charge on any atom is 0.338 e. The second-order valence-electron chi connectivity index (χ2n) is 7.53. The van der Waals surface area contributed by atoms with E-state index >= 15 is 0 Å². The van der Waals surface area contributed by atoms with E-state index in [4.69, 9.17) is 9.47 Å². The van der Waals surface area contributed by atoms with Crippen molar-refractivity contribution in [2.24, 2.45) is 0 Å². The van der Waals surface area contributed by atoms with Gasteiger partial charge in [-0.2, -0.15) is 0 Å². The van der Waals surface area contributed by atoms with Crippen LogP contribution in [0.1, 0.15) is 25.8 Å². The topological polar surface area (TPSA) is 81.1 Å². The minimum Gasteiger partial charge on any atom is -0.497 e. The fraction of sp³-hybridized carbons (Fsp3) is 0.391. The summed E-state index contributed by atoms with van der Waals surface area (Å²) in [4.78, 5) is 25.8. The number of esters is 1. The predicted molar refractivity (Wildman–Crippen MR) is 115 cm³/mol. The lowest BCUT2D eigenvalue weighted by Crippen LogP contribution is -3.08. The SMILES string of the molecule is CCOC(=O)C1=C(C[NH+](C)Cc2ccc3cc(OC)ccc3c2)NC(=O)N[C@@H]1CC. The van der Waals surface area contributed by atoms with E-state index in [0.717, 1.165) is 28.0 Å². The Balaban J connectivity index is 1.80. The van der Waals surface area contributed by atoms with E-state index in [1.165, 1.54) is 5.56 Å². The van der Waals surface area contributed by atoms with Crippen molar-refractivity contribution < 1.29 is 24.0 Å². The molecule has 160 valence electrons. The van der Waals surface area contributed by atoms with E-state index in [9.17, 15) is 9.59 Å². The Morgan fingerprint density at radius 2 is 1.83 bits per heavy atom. The Kier molecular flexibility index (Phi) is 6.95. The normalized spacial score (nSPS) is 17.3. The van der Waals surface area contributed by atoms with Gasteiger partial charge in [0.1, 0.15) is 18.8 Å². The lowest BCUT2D eigenvalue weighted by Gasteiger charge is -2.29. The fourth-order valence-corrected chi connectivity index (χ4v) is 3.82. The van der Waals surface area contributed by atoms with Crippen LogP contribution in [0, 0.1) is 0 Å². The van der Waals surface area contributed by atoms with Crippen molar-refractivity contribution in [3.05, 3.63) is 53.2 Å². The highest BCUT2D eigenvalue weighted by Gasteiger charge is 2.32. The van der Waals surface area contributed by atoms with Gasteiger partial charge in [0.25, 0.3) is 0 Å². The Morgan fingerprint density at radius 3 is 2.53 bits per heavy atom. The van der Waals surface area contributed by atoms with Crippen molar-refractivity contribution in [3.63, 3.8) is 0 Å². The first-order valence-electron chi connectivity index (χ1n) is 10.3. The average molecular weight is 413 g/mol. The molecule has 0 spiro atoms. The first-order chi connectivity index (χ1) is 14.4. The third-order valence-electron chi connectivity index (χ3n) is 5.24. The van der Waals surface area contributed by atoms with E-state index in [1.54, 1.807) is 14.0 Å². The van der Waals surface area contributed by atoms with Crippen LogP contribution in [0.15, 0.2) is 47.7 Å². The van der Waals surface area contributed by atoms with Gasteiger partial charge in [0.15, 0.2) is 0 Å². The second kappa shape index (κ2) is 9.63. The maximum absolute atomic E-state index is 12.5. The van der Waals surface area contributed by atoms with Crippen molar-refractivity contribution >= 4 is 22.8 Å². The average Bonchev–Trinajstić information content (AvgIpc) is 2.72. The van der Waals surface area contributed by atoms with Crippen LogP contribution in [0.5, 0.6) is 5.75 Å². The van der Waals surface area contributed by atoms with Crippen LogP contribution in [-0.2, 0) is 16.1 Å². The van der Waals surface area contributed by atoms with Gasteiger partial charge in [-0.15, -0.1) is 0 Å². The Labute approximate surface area is 177 Å². The number of hydrogen-bond donors (Lipinski definition) is 3. The number of methoxy groups -OCH3 is 1. The number of benzene rings is 2. The van der Waals surface area contributed by atoms with Gasteiger partial charge < -0.3 is 25.0 Å². The lowest BCUT2D eigenvalue weighted by molar-refractivity contribution is -0.889. The first-order valence-corrected chi connectivity index (χ1v) is 10.3. The summed E-state index contributed by atoms with van der Waals surface area (Å²) in [5.74, 6) is 0.461. The van der Waals surface area contributed by atoms with E-state index < -0.39 is 0 Å². The van der Waals surface area contributed by atoms with Crippen molar-refractivity contribution in [2.45, 2.75) is 32.9 Å². The van der Waals surface area contributed by atoms with Crippen LogP contribution in [-0.4, -0.2) is 45.4 Å². The zero-order chi connectivity index (χ0) is 21.7. The van der Waals surface area contributed by atoms with E-state index in [0.29, 0.717) is 30.8 Å². The van der Waals surface area contributed by atoms with E-state index in [1.807, 2.05) is 32.2 Å². The van der Waals surface area contributed by atoms with Crippen molar-refractivity contribution in [1.29, 1.82) is 0 Å². The molecule has 0 saturated heterocycles. The van der Waals surface area contributed by atoms with Crippen LogP contribution in [0.25, 0.3) is 10.8 Å². The molecule has 7 heteroatoms. The molecule has 0 radical (unpaired) electrons.